The predicted octanol–water partition coefficient (Wildman–Crippen LogP) is 6.58. The molecular formula is C33H29Cl2F3N6O2. The molecule has 0 radical (unpaired) electrons. The molecule has 0 unspecified atom stereocenters. The highest BCUT2D eigenvalue weighted by Gasteiger charge is 2.34. The molecule has 0 bridgehead atoms. The van der Waals surface area contributed by atoms with E-state index in [9.17, 15) is 13.6 Å². The Balaban J connectivity index is 1.50. The maximum atomic E-state index is 16.8. The lowest BCUT2D eigenvalue weighted by molar-refractivity contribution is -0.128. The number of aromatic nitrogens is 2. The van der Waals surface area contributed by atoms with Crippen LogP contribution in [0.5, 0.6) is 6.01 Å². The first-order valence-corrected chi connectivity index (χ1v) is 15.4. The molecule has 0 aliphatic carbocycles. The minimum absolute atomic E-state index is 0.0223. The lowest BCUT2D eigenvalue weighted by atomic mass is 9.96. The van der Waals surface area contributed by atoms with Crippen LogP contribution < -0.4 is 9.64 Å². The van der Waals surface area contributed by atoms with Crippen molar-refractivity contribution in [3.63, 3.8) is 0 Å². The van der Waals surface area contributed by atoms with E-state index in [1.165, 1.54) is 12.1 Å². The summed E-state index contributed by atoms with van der Waals surface area (Å²) >= 11 is 13.2. The number of piperazine rings is 1. The average molecular weight is 670 g/mol. The summed E-state index contributed by atoms with van der Waals surface area (Å²) in [5, 5.41) is 1.03. The molecule has 46 heavy (non-hydrogen) atoms. The summed E-state index contributed by atoms with van der Waals surface area (Å²) in [5.74, 6) is -1.43. The minimum atomic E-state index is -0.986. The molecule has 238 valence electrons. The Kier molecular flexibility index (Phi) is 8.97. The third kappa shape index (κ3) is 5.81. The third-order valence-electron chi connectivity index (χ3n) is 8.63. The first-order chi connectivity index (χ1) is 22.1. The van der Waals surface area contributed by atoms with Gasteiger partial charge in [-0.2, -0.15) is 9.97 Å². The van der Waals surface area contributed by atoms with Gasteiger partial charge in [-0.3, -0.25) is 9.69 Å². The first-order valence-electron chi connectivity index (χ1n) is 14.7. The molecule has 3 aromatic carbocycles. The number of carbonyl (C=O) groups excluding carboxylic acids is 1. The molecule has 0 N–H and O–H groups in total. The van der Waals surface area contributed by atoms with Crippen molar-refractivity contribution in [3.8, 4) is 17.1 Å². The topological polar surface area (TPSA) is 66.2 Å². The van der Waals surface area contributed by atoms with Crippen LogP contribution in [-0.2, 0) is 4.79 Å². The molecule has 1 aromatic heterocycles. The minimum Gasteiger partial charge on any atom is -0.462 e. The van der Waals surface area contributed by atoms with Gasteiger partial charge in [-0.05, 0) is 42.6 Å². The molecule has 3 atom stereocenters. The summed E-state index contributed by atoms with van der Waals surface area (Å²) in [6, 6.07) is 8.55. The zero-order valence-electron chi connectivity index (χ0n) is 24.8. The molecule has 2 aliphatic heterocycles. The van der Waals surface area contributed by atoms with Crippen LogP contribution in [0, 0.1) is 18.2 Å². The molecular weight excluding hydrogens is 640 g/mol. The Morgan fingerprint density at radius 3 is 2.70 bits per heavy atom. The van der Waals surface area contributed by atoms with Crippen LogP contribution in [0.4, 0.5) is 19.0 Å². The zero-order valence-corrected chi connectivity index (χ0v) is 26.3. The van der Waals surface area contributed by atoms with E-state index in [-0.39, 0.29) is 89.2 Å². The summed E-state index contributed by atoms with van der Waals surface area (Å²) in [4.78, 5) is 30.4. The summed E-state index contributed by atoms with van der Waals surface area (Å²) < 4.78 is 51.4. The number of hydrogen-bond acceptors (Lipinski definition) is 6. The van der Waals surface area contributed by atoms with E-state index in [2.05, 4.69) is 21.4 Å². The quantitative estimate of drug-likeness (QED) is 0.164. The number of likely N-dealkylation sites (tertiary alicyclic amines) is 1. The van der Waals surface area contributed by atoms with Gasteiger partial charge >= 0.3 is 6.01 Å². The number of nitrogens with zero attached hydrogens (tertiary/aromatic N) is 6. The van der Waals surface area contributed by atoms with Crippen LogP contribution in [0.2, 0.25) is 10.0 Å². The van der Waals surface area contributed by atoms with Crippen LogP contribution in [0.25, 0.3) is 37.6 Å². The number of hydrogen-bond donors (Lipinski definition) is 0. The molecule has 0 spiro atoms. The molecule has 0 saturated carbocycles. The molecule has 1 amide bonds. The summed E-state index contributed by atoms with van der Waals surface area (Å²) in [6.45, 7) is 12.2. The zero-order chi connectivity index (χ0) is 32.7. The Morgan fingerprint density at radius 1 is 1.17 bits per heavy atom. The van der Waals surface area contributed by atoms with E-state index in [0.717, 1.165) is 0 Å². The maximum Gasteiger partial charge on any atom is 0.319 e. The fourth-order valence-corrected chi connectivity index (χ4v) is 6.89. The molecule has 2 fully saturated rings. The van der Waals surface area contributed by atoms with Crippen molar-refractivity contribution in [2.75, 3.05) is 51.3 Å². The number of likely N-dealkylation sites (N-methyl/N-ethyl adjacent to an activating group) is 1. The van der Waals surface area contributed by atoms with Crippen molar-refractivity contribution in [2.24, 2.45) is 0 Å². The lowest BCUT2D eigenvalue weighted by Gasteiger charge is -2.39. The number of benzene rings is 3. The largest absolute Gasteiger partial charge is 0.462 e. The van der Waals surface area contributed by atoms with Crippen LogP contribution in [0.15, 0.2) is 49.1 Å². The highest BCUT2D eigenvalue weighted by atomic mass is 35.5. The van der Waals surface area contributed by atoms with Crippen molar-refractivity contribution >= 4 is 56.6 Å². The summed E-state index contributed by atoms with van der Waals surface area (Å²) in [7, 11) is 1.80. The van der Waals surface area contributed by atoms with Gasteiger partial charge in [0.2, 0.25) is 12.5 Å². The van der Waals surface area contributed by atoms with Gasteiger partial charge in [-0.1, -0.05) is 54.0 Å². The fraction of sp³-hybridized carbons (Fsp3) is 0.333. The lowest BCUT2D eigenvalue weighted by Crippen LogP contribution is -2.56. The van der Waals surface area contributed by atoms with Crippen molar-refractivity contribution in [2.45, 2.75) is 24.7 Å². The fourth-order valence-electron chi connectivity index (χ4n) is 6.32. The highest BCUT2D eigenvalue weighted by Crippen LogP contribution is 2.43. The second kappa shape index (κ2) is 12.9. The van der Waals surface area contributed by atoms with Crippen molar-refractivity contribution in [1.29, 1.82) is 0 Å². The molecule has 2 aliphatic rings. The van der Waals surface area contributed by atoms with Gasteiger partial charge in [0, 0.05) is 48.6 Å². The van der Waals surface area contributed by atoms with E-state index in [1.807, 2.05) is 9.80 Å². The number of halogens is 5. The summed E-state index contributed by atoms with van der Waals surface area (Å²) in [6.07, 6.45) is 0.504. The number of fused-ring (bicyclic) bond motifs is 2. The van der Waals surface area contributed by atoms with E-state index in [4.69, 9.17) is 34.5 Å². The van der Waals surface area contributed by atoms with E-state index >= 15 is 4.39 Å². The predicted molar refractivity (Wildman–Crippen MR) is 173 cm³/mol. The monoisotopic (exact) mass is 668 g/mol. The first kappa shape index (κ1) is 31.9. The summed E-state index contributed by atoms with van der Waals surface area (Å²) in [5.41, 5.74) is 0.161. The normalized spacial score (nSPS) is 20.3. The average Bonchev–Trinajstić information content (AvgIpc) is 3.37. The standard InChI is InChI=1S/C33H29Cl2F3N6O2/c1-4-26(45)44-11-10-43(16-21(44)14-39-2)32-23-13-24(34)28(22-7-5-6-18-8-9-25(37)29(35)27(18)22)30(38)31(23)40-33(41-32)46-17-20-12-19(36)15-42(20)3/h4-9,13,19-21H,1,10-12,14-17H2,3H3/t19-,20+,21+/m1/s1. The van der Waals surface area contributed by atoms with Gasteiger partial charge in [0.25, 0.3) is 0 Å². The number of alkyl halides is 1. The van der Waals surface area contributed by atoms with Crippen LogP contribution in [-0.4, -0.2) is 90.3 Å². The van der Waals surface area contributed by atoms with Gasteiger partial charge in [-0.15, -0.1) is 0 Å². The number of rotatable bonds is 7. The third-order valence-corrected chi connectivity index (χ3v) is 9.30. The Bertz CT molecular complexity index is 1900. The van der Waals surface area contributed by atoms with Gasteiger partial charge in [-0.25, -0.2) is 19.7 Å². The van der Waals surface area contributed by atoms with Crippen molar-refractivity contribution < 1.29 is 22.7 Å². The van der Waals surface area contributed by atoms with E-state index in [0.29, 0.717) is 23.1 Å². The van der Waals surface area contributed by atoms with E-state index < -0.39 is 23.8 Å². The van der Waals surface area contributed by atoms with E-state index in [1.54, 1.807) is 42.3 Å². The Hall–Kier alpha value is -4.11. The molecule has 6 rings (SSSR count). The molecule has 2 saturated heterocycles. The van der Waals surface area contributed by atoms with Crippen molar-refractivity contribution in [3.05, 3.63) is 82.2 Å². The van der Waals surface area contributed by atoms with Crippen LogP contribution in [0.3, 0.4) is 0 Å². The number of carbonyl (C=O) groups is 1. The Morgan fingerprint density at radius 2 is 1.98 bits per heavy atom. The number of anilines is 1. The molecule has 13 heteroatoms. The number of amides is 1. The van der Waals surface area contributed by atoms with Crippen molar-refractivity contribution in [1.82, 2.24) is 19.8 Å². The SMILES string of the molecule is [C-]#[N+]C[C@H]1CN(c2nc(OC[C@@H]3C[C@@H](F)CN3C)nc3c(F)c(-c4cccc5ccc(F)c(Cl)c45)c(Cl)cc23)CCN1C(=O)C=C. The number of ether oxygens (including phenoxy) is 1. The Labute approximate surface area is 273 Å². The van der Waals surface area contributed by atoms with Crippen LogP contribution >= 0.6 is 23.2 Å². The second-order valence-electron chi connectivity index (χ2n) is 11.5. The van der Waals surface area contributed by atoms with Gasteiger partial charge in [0.1, 0.15) is 36.0 Å². The molecule has 8 nitrogen and oxygen atoms in total. The molecule has 4 aromatic rings. The second-order valence-corrected chi connectivity index (χ2v) is 12.2. The maximum absolute atomic E-state index is 16.8. The molecule has 3 heterocycles. The van der Waals surface area contributed by atoms with Gasteiger partial charge < -0.3 is 19.4 Å². The van der Waals surface area contributed by atoms with Crippen LogP contribution in [0.1, 0.15) is 6.42 Å². The van der Waals surface area contributed by atoms with Gasteiger partial charge in [0.05, 0.1) is 10.0 Å². The highest BCUT2D eigenvalue weighted by molar-refractivity contribution is 6.38. The smallest absolute Gasteiger partial charge is 0.319 e. The van der Waals surface area contributed by atoms with Gasteiger partial charge in [0.15, 0.2) is 5.82 Å².